The van der Waals surface area contributed by atoms with Gasteiger partial charge in [-0.3, -0.25) is 9.78 Å². The SMILES string of the molecule is COC(=O)C1CCCN1C(=O)c1cccc(-c2cnc3c(-c4ccccn4)c(N)nn3c2)n1. The van der Waals surface area contributed by atoms with Crippen molar-refractivity contribution in [3.8, 4) is 22.5 Å². The van der Waals surface area contributed by atoms with E-state index in [1.165, 1.54) is 12.0 Å². The molecule has 0 aliphatic carbocycles. The first kappa shape index (κ1) is 20.6. The second-order valence-corrected chi connectivity index (χ2v) is 7.67. The molecule has 5 heterocycles. The van der Waals surface area contributed by atoms with E-state index >= 15 is 0 Å². The Morgan fingerprint density at radius 3 is 2.76 bits per heavy atom. The maximum atomic E-state index is 13.1. The van der Waals surface area contributed by atoms with Gasteiger partial charge in [0.15, 0.2) is 11.5 Å². The number of hydrogen-bond acceptors (Lipinski definition) is 8. The Bertz CT molecular complexity index is 1350. The van der Waals surface area contributed by atoms with Crippen molar-refractivity contribution in [3.05, 3.63) is 60.7 Å². The van der Waals surface area contributed by atoms with Crippen LogP contribution in [0.3, 0.4) is 0 Å². The molecule has 10 heteroatoms. The first-order valence-electron chi connectivity index (χ1n) is 10.5. The Morgan fingerprint density at radius 2 is 1.97 bits per heavy atom. The number of amides is 1. The van der Waals surface area contributed by atoms with E-state index in [-0.39, 0.29) is 11.6 Å². The summed E-state index contributed by atoms with van der Waals surface area (Å²) in [6, 6.07) is 10.1. The van der Waals surface area contributed by atoms with Gasteiger partial charge in [0.05, 0.1) is 24.1 Å². The summed E-state index contributed by atoms with van der Waals surface area (Å²) in [5.41, 5.74) is 9.51. The van der Waals surface area contributed by atoms with Crippen LogP contribution in [0.4, 0.5) is 5.82 Å². The molecule has 1 unspecified atom stereocenters. The number of likely N-dealkylation sites (tertiary alicyclic amines) is 1. The van der Waals surface area contributed by atoms with Crippen LogP contribution < -0.4 is 5.73 Å². The number of nitrogens with zero attached hydrogens (tertiary/aromatic N) is 6. The normalized spacial score (nSPS) is 15.7. The Kier molecular flexibility index (Phi) is 5.17. The molecule has 0 radical (unpaired) electrons. The Hall–Kier alpha value is -4.34. The minimum atomic E-state index is -0.581. The van der Waals surface area contributed by atoms with Gasteiger partial charge in [-0.15, -0.1) is 5.10 Å². The summed E-state index contributed by atoms with van der Waals surface area (Å²) < 4.78 is 6.42. The van der Waals surface area contributed by atoms with Crippen molar-refractivity contribution in [1.29, 1.82) is 0 Å². The average molecular weight is 443 g/mol. The fraction of sp³-hybridized carbons (Fsp3) is 0.217. The summed E-state index contributed by atoms with van der Waals surface area (Å²) in [6.45, 7) is 0.487. The van der Waals surface area contributed by atoms with Gasteiger partial charge in [-0.25, -0.2) is 19.3 Å². The molecule has 1 amide bonds. The van der Waals surface area contributed by atoms with Gasteiger partial charge in [-0.1, -0.05) is 12.1 Å². The van der Waals surface area contributed by atoms with Crippen molar-refractivity contribution < 1.29 is 14.3 Å². The number of nitrogen functional groups attached to an aromatic ring is 1. The van der Waals surface area contributed by atoms with Gasteiger partial charge in [0.2, 0.25) is 0 Å². The van der Waals surface area contributed by atoms with E-state index < -0.39 is 12.0 Å². The second kappa shape index (κ2) is 8.30. The molecule has 4 aromatic rings. The minimum Gasteiger partial charge on any atom is -0.467 e. The van der Waals surface area contributed by atoms with Crippen LogP contribution in [-0.2, 0) is 9.53 Å². The van der Waals surface area contributed by atoms with Gasteiger partial charge in [0.1, 0.15) is 11.7 Å². The first-order chi connectivity index (χ1) is 16.1. The number of carbonyl (C=O) groups is 2. The molecule has 10 nitrogen and oxygen atoms in total. The van der Waals surface area contributed by atoms with Gasteiger partial charge in [-0.05, 0) is 37.1 Å². The highest BCUT2D eigenvalue weighted by Crippen LogP contribution is 2.29. The topological polar surface area (TPSA) is 129 Å². The molecule has 0 saturated carbocycles. The van der Waals surface area contributed by atoms with Crippen LogP contribution in [0.2, 0.25) is 0 Å². The lowest BCUT2D eigenvalue weighted by atomic mass is 10.1. The van der Waals surface area contributed by atoms with Gasteiger partial charge in [0.25, 0.3) is 5.91 Å². The Balaban J connectivity index is 1.48. The molecule has 1 fully saturated rings. The highest BCUT2D eigenvalue weighted by molar-refractivity contribution is 5.96. The van der Waals surface area contributed by atoms with Gasteiger partial charge in [-0.2, -0.15) is 0 Å². The lowest BCUT2D eigenvalue weighted by Gasteiger charge is -2.22. The van der Waals surface area contributed by atoms with Crippen LogP contribution in [0.25, 0.3) is 28.2 Å². The molecule has 1 aliphatic heterocycles. The van der Waals surface area contributed by atoms with Crippen molar-refractivity contribution >= 4 is 23.3 Å². The molecule has 0 spiro atoms. The number of fused-ring (bicyclic) bond motifs is 1. The molecule has 33 heavy (non-hydrogen) atoms. The van der Waals surface area contributed by atoms with E-state index in [4.69, 9.17) is 10.5 Å². The molecule has 0 aromatic carbocycles. The van der Waals surface area contributed by atoms with Crippen LogP contribution >= 0.6 is 0 Å². The molecule has 1 atom stereocenters. The number of rotatable bonds is 4. The molecule has 2 N–H and O–H groups in total. The summed E-state index contributed by atoms with van der Waals surface area (Å²) in [4.78, 5) is 40.0. The number of pyridine rings is 2. The van der Waals surface area contributed by atoms with Crippen LogP contribution in [0.5, 0.6) is 0 Å². The number of carbonyl (C=O) groups excluding carboxylic acids is 2. The maximum Gasteiger partial charge on any atom is 0.328 e. The molecular weight excluding hydrogens is 422 g/mol. The minimum absolute atomic E-state index is 0.248. The van der Waals surface area contributed by atoms with Crippen molar-refractivity contribution in [2.24, 2.45) is 0 Å². The Labute approximate surface area is 189 Å². The summed E-state index contributed by atoms with van der Waals surface area (Å²) in [7, 11) is 1.33. The van der Waals surface area contributed by atoms with Crippen LogP contribution in [0, 0.1) is 0 Å². The van der Waals surface area contributed by atoms with Crippen molar-refractivity contribution in [3.63, 3.8) is 0 Å². The molecule has 4 aromatic heterocycles. The number of ether oxygens (including phenoxy) is 1. The molecule has 1 aliphatic rings. The second-order valence-electron chi connectivity index (χ2n) is 7.67. The summed E-state index contributed by atoms with van der Waals surface area (Å²) in [5.74, 6) is -0.399. The van der Waals surface area contributed by atoms with Crippen LogP contribution in [-0.4, -0.2) is 61.0 Å². The molecule has 5 rings (SSSR count). The maximum absolute atomic E-state index is 13.1. The standard InChI is InChI=1S/C23H21N7O3/c1-33-23(32)18-9-5-11-29(18)22(31)17-8-4-7-15(27-17)14-12-26-21-19(16-6-2-3-10-25-16)20(24)28-30(21)13-14/h2-4,6-8,10,12-13,18H,5,9,11H2,1H3,(H2,24,28). The number of anilines is 1. The molecular formula is C23H21N7O3. The third-order valence-corrected chi connectivity index (χ3v) is 5.67. The van der Waals surface area contributed by atoms with E-state index in [0.29, 0.717) is 46.9 Å². The zero-order chi connectivity index (χ0) is 22.9. The van der Waals surface area contributed by atoms with E-state index in [2.05, 4.69) is 20.1 Å². The third kappa shape index (κ3) is 3.65. The lowest BCUT2D eigenvalue weighted by molar-refractivity contribution is -0.145. The number of methoxy groups -OCH3 is 1. The van der Waals surface area contributed by atoms with E-state index in [1.807, 2.05) is 18.2 Å². The van der Waals surface area contributed by atoms with Crippen molar-refractivity contribution in [2.45, 2.75) is 18.9 Å². The lowest BCUT2D eigenvalue weighted by Crippen LogP contribution is -2.41. The largest absolute Gasteiger partial charge is 0.467 e. The van der Waals surface area contributed by atoms with Crippen LogP contribution in [0.15, 0.2) is 55.0 Å². The molecule has 1 saturated heterocycles. The summed E-state index contributed by atoms with van der Waals surface area (Å²) >= 11 is 0. The highest BCUT2D eigenvalue weighted by atomic mass is 16.5. The quantitative estimate of drug-likeness (QED) is 0.476. The fourth-order valence-corrected chi connectivity index (χ4v) is 4.09. The third-order valence-electron chi connectivity index (χ3n) is 5.67. The summed E-state index contributed by atoms with van der Waals surface area (Å²) in [5, 5.41) is 4.37. The number of hydrogen-bond donors (Lipinski definition) is 1. The van der Waals surface area contributed by atoms with Gasteiger partial charge < -0.3 is 15.4 Å². The van der Waals surface area contributed by atoms with Crippen molar-refractivity contribution in [1.82, 2.24) is 29.5 Å². The predicted molar refractivity (Wildman–Crippen MR) is 120 cm³/mol. The fourth-order valence-electron chi connectivity index (χ4n) is 4.09. The summed E-state index contributed by atoms with van der Waals surface area (Å²) in [6.07, 6.45) is 6.43. The number of aromatic nitrogens is 5. The molecule has 0 bridgehead atoms. The zero-order valence-corrected chi connectivity index (χ0v) is 17.9. The molecule has 166 valence electrons. The number of nitrogens with two attached hydrogens (primary N) is 1. The predicted octanol–water partition coefficient (Wildman–Crippen LogP) is 2.21. The number of esters is 1. The Morgan fingerprint density at radius 1 is 1.12 bits per heavy atom. The highest BCUT2D eigenvalue weighted by Gasteiger charge is 2.35. The first-order valence-corrected chi connectivity index (χ1v) is 10.5. The monoisotopic (exact) mass is 443 g/mol. The van der Waals surface area contributed by atoms with E-state index in [0.717, 1.165) is 6.42 Å². The van der Waals surface area contributed by atoms with Gasteiger partial charge in [0, 0.05) is 30.7 Å². The average Bonchev–Trinajstić information content (AvgIpc) is 3.47. The van der Waals surface area contributed by atoms with Gasteiger partial charge >= 0.3 is 5.97 Å². The van der Waals surface area contributed by atoms with Crippen LogP contribution in [0.1, 0.15) is 23.3 Å². The van der Waals surface area contributed by atoms with Crippen molar-refractivity contribution in [2.75, 3.05) is 19.4 Å². The zero-order valence-electron chi connectivity index (χ0n) is 17.9. The van der Waals surface area contributed by atoms with E-state index in [1.54, 1.807) is 41.3 Å². The van der Waals surface area contributed by atoms with E-state index in [9.17, 15) is 9.59 Å². The smallest absolute Gasteiger partial charge is 0.328 e.